The van der Waals surface area contributed by atoms with Gasteiger partial charge in [-0.25, -0.2) is 4.98 Å². The van der Waals surface area contributed by atoms with Crippen molar-refractivity contribution in [2.75, 3.05) is 0 Å². The quantitative estimate of drug-likeness (QED) is 0.654. The zero-order chi connectivity index (χ0) is 8.72. The number of aromatic nitrogens is 3. The van der Waals surface area contributed by atoms with Crippen LogP contribution in [0.2, 0.25) is 5.15 Å². The fourth-order valence-electron chi connectivity index (χ4n) is 1.02. The minimum absolute atomic E-state index is 0.389. The van der Waals surface area contributed by atoms with E-state index in [1.54, 1.807) is 11.3 Å². The van der Waals surface area contributed by atoms with E-state index in [2.05, 4.69) is 15.2 Å². The van der Waals surface area contributed by atoms with Crippen LogP contribution in [0.1, 0.15) is 10.7 Å². The summed E-state index contributed by atoms with van der Waals surface area (Å²) in [6.07, 6.45) is 0. The molecule has 0 bridgehead atoms. The largest absolute Gasteiger partial charge is 0.238 e. The van der Waals surface area contributed by atoms with Crippen molar-refractivity contribution in [3.05, 3.63) is 15.9 Å². The SMILES string of the molecule is Cc1nc2c(Cl)nnc(C)c2s1. The fraction of sp³-hybridized carbons (Fsp3) is 0.286. The Morgan fingerprint density at radius 2 is 2.00 bits per heavy atom. The Labute approximate surface area is 78.4 Å². The van der Waals surface area contributed by atoms with Gasteiger partial charge in [0.05, 0.1) is 15.4 Å². The average molecular weight is 200 g/mol. The van der Waals surface area contributed by atoms with Crippen LogP contribution in [0.15, 0.2) is 0 Å². The normalized spacial score (nSPS) is 10.9. The summed E-state index contributed by atoms with van der Waals surface area (Å²) in [6.45, 7) is 3.85. The van der Waals surface area contributed by atoms with Crippen LogP contribution in [0.5, 0.6) is 0 Å². The molecule has 0 aromatic carbocycles. The maximum Gasteiger partial charge on any atom is 0.178 e. The second kappa shape index (κ2) is 2.64. The van der Waals surface area contributed by atoms with Crippen LogP contribution in [-0.4, -0.2) is 15.2 Å². The van der Waals surface area contributed by atoms with Gasteiger partial charge in [-0.2, -0.15) is 5.10 Å². The van der Waals surface area contributed by atoms with E-state index >= 15 is 0 Å². The molecule has 62 valence electrons. The van der Waals surface area contributed by atoms with Crippen molar-refractivity contribution in [3.63, 3.8) is 0 Å². The maximum atomic E-state index is 5.81. The number of fused-ring (bicyclic) bond motifs is 1. The van der Waals surface area contributed by atoms with E-state index in [4.69, 9.17) is 11.6 Å². The lowest BCUT2D eigenvalue weighted by Gasteiger charge is -1.92. The lowest BCUT2D eigenvalue weighted by Crippen LogP contribution is -1.87. The third kappa shape index (κ3) is 1.07. The molecule has 2 aromatic rings. The summed E-state index contributed by atoms with van der Waals surface area (Å²) in [4.78, 5) is 4.26. The minimum atomic E-state index is 0.389. The van der Waals surface area contributed by atoms with Gasteiger partial charge < -0.3 is 0 Å². The van der Waals surface area contributed by atoms with E-state index in [9.17, 15) is 0 Å². The summed E-state index contributed by atoms with van der Waals surface area (Å²) in [5, 5.41) is 9.07. The summed E-state index contributed by atoms with van der Waals surface area (Å²) in [5.41, 5.74) is 1.66. The maximum absolute atomic E-state index is 5.81. The highest BCUT2D eigenvalue weighted by Crippen LogP contribution is 2.27. The van der Waals surface area contributed by atoms with Crippen LogP contribution in [0, 0.1) is 13.8 Å². The molecule has 0 spiro atoms. The smallest absolute Gasteiger partial charge is 0.178 e. The number of hydrogen-bond donors (Lipinski definition) is 0. The Kier molecular flexibility index (Phi) is 1.73. The molecule has 0 amide bonds. The lowest BCUT2D eigenvalue weighted by atomic mass is 10.4. The van der Waals surface area contributed by atoms with E-state index < -0.39 is 0 Å². The molecule has 5 heteroatoms. The van der Waals surface area contributed by atoms with Gasteiger partial charge in [-0.1, -0.05) is 11.6 Å². The Morgan fingerprint density at radius 1 is 1.25 bits per heavy atom. The Hall–Kier alpha value is -0.740. The Balaban J connectivity index is 2.93. The molecule has 12 heavy (non-hydrogen) atoms. The van der Waals surface area contributed by atoms with Gasteiger partial charge in [-0.3, -0.25) is 0 Å². The van der Waals surface area contributed by atoms with Crippen LogP contribution < -0.4 is 0 Å². The third-order valence-electron chi connectivity index (χ3n) is 1.55. The molecule has 0 unspecified atom stereocenters. The number of halogens is 1. The molecule has 0 atom stereocenters. The van der Waals surface area contributed by atoms with Crippen LogP contribution in [0.25, 0.3) is 10.2 Å². The van der Waals surface area contributed by atoms with E-state index in [0.717, 1.165) is 20.9 Å². The van der Waals surface area contributed by atoms with Gasteiger partial charge in [0.1, 0.15) is 5.52 Å². The number of thiazole rings is 1. The zero-order valence-electron chi connectivity index (χ0n) is 6.63. The first-order valence-electron chi connectivity index (χ1n) is 3.44. The molecule has 0 aliphatic carbocycles. The molecule has 0 saturated carbocycles. The Bertz CT molecular complexity index is 398. The van der Waals surface area contributed by atoms with Crippen molar-refractivity contribution in [1.82, 2.24) is 15.2 Å². The highest BCUT2D eigenvalue weighted by atomic mass is 35.5. The number of hydrogen-bond acceptors (Lipinski definition) is 4. The standard InChI is InChI=1S/C7H6ClN3S/c1-3-6-5(7(8)11-10-3)9-4(2)12-6/h1-2H3. The highest BCUT2D eigenvalue weighted by Gasteiger charge is 2.08. The number of nitrogens with zero attached hydrogens (tertiary/aromatic N) is 3. The predicted octanol–water partition coefficient (Wildman–Crippen LogP) is 2.36. The number of rotatable bonds is 0. The first-order chi connectivity index (χ1) is 5.68. The van der Waals surface area contributed by atoms with Gasteiger partial charge in [-0.05, 0) is 13.8 Å². The predicted molar refractivity (Wildman–Crippen MR) is 49.7 cm³/mol. The van der Waals surface area contributed by atoms with Gasteiger partial charge in [0.25, 0.3) is 0 Å². The van der Waals surface area contributed by atoms with Crippen LogP contribution in [0.4, 0.5) is 0 Å². The van der Waals surface area contributed by atoms with Crippen molar-refractivity contribution in [3.8, 4) is 0 Å². The molecular formula is C7H6ClN3S. The molecule has 0 N–H and O–H groups in total. The molecule has 0 aliphatic heterocycles. The highest BCUT2D eigenvalue weighted by molar-refractivity contribution is 7.18. The van der Waals surface area contributed by atoms with E-state index in [0.29, 0.717) is 5.15 Å². The summed E-state index contributed by atoms with van der Waals surface area (Å²) in [6, 6.07) is 0. The molecule has 0 aliphatic rings. The monoisotopic (exact) mass is 199 g/mol. The molecule has 0 radical (unpaired) electrons. The Morgan fingerprint density at radius 3 is 2.67 bits per heavy atom. The second-order valence-corrected chi connectivity index (χ2v) is 4.05. The minimum Gasteiger partial charge on any atom is -0.238 e. The van der Waals surface area contributed by atoms with Gasteiger partial charge >= 0.3 is 0 Å². The van der Waals surface area contributed by atoms with Gasteiger partial charge in [0.15, 0.2) is 5.15 Å². The summed E-state index contributed by atoms with van der Waals surface area (Å²) >= 11 is 7.41. The average Bonchev–Trinajstić information content (AvgIpc) is 2.41. The molecule has 2 heterocycles. The van der Waals surface area contributed by atoms with Crippen LogP contribution >= 0.6 is 22.9 Å². The first kappa shape index (κ1) is 7.89. The first-order valence-corrected chi connectivity index (χ1v) is 4.64. The lowest BCUT2D eigenvalue weighted by molar-refractivity contribution is 1.00. The van der Waals surface area contributed by atoms with Crippen molar-refractivity contribution >= 4 is 33.2 Å². The molecule has 3 nitrogen and oxygen atoms in total. The molecule has 0 fully saturated rings. The van der Waals surface area contributed by atoms with Crippen molar-refractivity contribution in [2.45, 2.75) is 13.8 Å². The third-order valence-corrected chi connectivity index (χ3v) is 2.88. The number of aryl methyl sites for hydroxylation is 2. The molecule has 2 rings (SSSR count). The van der Waals surface area contributed by atoms with E-state index in [1.807, 2.05) is 13.8 Å². The van der Waals surface area contributed by atoms with Crippen molar-refractivity contribution in [2.24, 2.45) is 0 Å². The van der Waals surface area contributed by atoms with E-state index in [-0.39, 0.29) is 0 Å². The molecule has 0 saturated heterocycles. The second-order valence-electron chi connectivity index (χ2n) is 2.49. The topological polar surface area (TPSA) is 38.7 Å². The van der Waals surface area contributed by atoms with Gasteiger partial charge in [0.2, 0.25) is 0 Å². The summed E-state index contributed by atoms with van der Waals surface area (Å²) < 4.78 is 1.03. The van der Waals surface area contributed by atoms with Gasteiger partial charge in [0, 0.05) is 0 Å². The summed E-state index contributed by atoms with van der Waals surface area (Å²) in [5.74, 6) is 0. The fourth-order valence-corrected chi connectivity index (χ4v) is 2.11. The van der Waals surface area contributed by atoms with Gasteiger partial charge in [-0.15, -0.1) is 16.4 Å². The van der Waals surface area contributed by atoms with Crippen LogP contribution in [-0.2, 0) is 0 Å². The zero-order valence-corrected chi connectivity index (χ0v) is 8.20. The van der Waals surface area contributed by atoms with Crippen molar-refractivity contribution in [1.29, 1.82) is 0 Å². The van der Waals surface area contributed by atoms with Crippen molar-refractivity contribution < 1.29 is 0 Å². The summed E-state index contributed by atoms with van der Waals surface area (Å²) in [7, 11) is 0. The molecule has 2 aromatic heterocycles. The van der Waals surface area contributed by atoms with Crippen LogP contribution in [0.3, 0.4) is 0 Å². The molecular weight excluding hydrogens is 194 g/mol. The van der Waals surface area contributed by atoms with E-state index in [1.165, 1.54) is 0 Å².